The molecule has 1 unspecified atom stereocenters. The molecule has 8 nitrogen and oxygen atoms in total. The Morgan fingerprint density at radius 1 is 0.969 bits per heavy atom. The average Bonchev–Trinajstić information content (AvgIpc) is 2.75. The highest BCUT2D eigenvalue weighted by Crippen LogP contribution is 2.49. The lowest BCUT2D eigenvalue weighted by atomic mass is 9.68. The maximum atomic E-state index is 13.4. The molecular weight excluding hydrogens is 414 g/mol. The second kappa shape index (κ2) is 8.68. The number of carbonyl (C=O) groups is 3. The molecule has 1 aliphatic heterocycles. The minimum Gasteiger partial charge on any atom is -0.496 e. The normalized spacial score (nSPS) is 19.7. The van der Waals surface area contributed by atoms with E-state index in [1.165, 1.54) is 28.4 Å². The lowest BCUT2D eigenvalue weighted by Crippen LogP contribution is -2.38. The number of dihydropyridines is 1. The SMILES string of the molecule is COC(=O)C1=C(C)NC2=C(C(=O)CC(C)(C)C2)C1c1cc(C(=O)OC)c(OC)cc1OC. The number of allylic oxidation sites excluding steroid dienone is 3. The lowest BCUT2D eigenvalue weighted by Gasteiger charge is -2.39. The monoisotopic (exact) mass is 443 g/mol. The van der Waals surface area contributed by atoms with Gasteiger partial charge >= 0.3 is 11.9 Å². The van der Waals surface area contributed by atoms with Crippen LogP contribution < -0.4 is 14.8 Å². The lowest BCUT2D eigenvalue weighted by molar-refractivity contribution is -0.136. The molecule has 0 fully saturated rings. The molecule has 0 radical (unpaired) electrons. The van der Waals surface area contributed by atoms with Crippen molar-refractivity contribution in [2.24, 2.45) is 5.41 Å². The van der Waals surface area contributed by atoms with Crippen LogP contribution >= 0.6 is 0 Å². The van der Waals surface area contributed by atoms with Crippen LogP contribution in [0.1, 0.15) is 55.5 Å². The molecule has 1 N–H and O–H groups in total. The van der Waals surface area contributed by atoms with Gasteiger partial charge in [0.25, 0.3) is 0 Å². The fraction of sp³-hybridized carbons (Fsp3) is 0.458. The number of ether oxygens (including phenoxy) is 4. The number of methoxy groups -OCH3 is 4. The molecular formula is C24H29NO7. The molecule has 0 saturated carbocycles. The number of hydrogen-bond acceptors (Lipinski definition) is 8. The van der Waals surface area contributed by atoms with Crippen LogP contribution in [0.2, 0.25) is 0 Å². The zero-order valence-corrected chi connectivity index (χ0v) is 19.5. The summed E-state index contributed by atoms with van der Waals surface area (Å²) in [6.45, 7) is 5.83. The van der Waals surface area contributed by atoms with Gasteiger partial charge in [0, 0.05) is 35.0 Å². The van der Waals surface area contributed by atoms with Crippen LogP contribution in [0.15, 0.2) is 34.7 Å². The first-order valence-electron chi connectivity index (χ1n) is 10.2. The predicted molar refractivity (Wildman–Crippen MR) is 117 cm³/mol. The minimum absolute atomic E-state index is 0.0693. The summed E-state index contributed by atoms with van der Waals surface area (Å²) in [5.74, 6) is -1.38. The highest BCUT2D eigenvalue weighted by molar-refractivity contribution is 6.04. The molecule has 1 aromatic rings. The van der Waals surface area contributed by atoms with Crippen LogP contribution in [0.4, 0.5) is 0 Å². The van der Waals surface area contributed by atoms with Gasteiger partial charge in [-0.15, -0.1) is 0 Å². The molecule has 0 saturated heterocycles. The fourth-order valence-corrected chi connectivity index (χ4v) is 4.55. The highest BCUT2D eigenvalue weighted by Gasteiger charge is 2.44. The standard InChI is InChI=1S/C24H29NO7/c1-12-19(23(28)32-7)20(21-15(25-12)10-24(2,3)11-16(21)26)13-8-14(22(27)31-6)18(30-5)9-17(13)29-4/h8-9,20,25H,10-11H2,1-7H3. The summed E-state index contributed by atoms with van der Waals surface area (Å²) in [5.41, 5.74) is 2.54. The number of ketones is 1. The number of carbonyl (C=O) groups excluding carboxylic acids is 3. The van der Waals surface area contributed by atoms with Crippen molar-refractivity contribution in [1.82, 2.24) is 5.32 Å². The molecule has 32 heavy (non-hydrogen) atoms. The third kappa shape index (κ3) is 3.97. The Morgan fingerprint density at radius 2 is 1.59 bits per heavy atom. The summed E-state index contributed by atoms with van der Waals surface area (Å²) in [7, 11) is 5.48. The number of hydrogen-bond donors (Lipinski definition) is 1. The van der Waals surface area contributed by atoms with E-state index in [2.05, 4.69) is 5.32 Å². The van der Waals surface area contributed by atoms with E-state index in [0.29, 0.717) is 41.0 Å². The fourth-order valence-electron chi connectivity index (χ4n) is 4.55. The first-order valence-corrected chi connectivity index (χ1v) is 10.2. The third-order valence-corrected chi connectivity index (χ3v) is 5.91. The van der Waals surface area contributed by atoms with Gasteiger partial charge in [0.1, 0.15) is 17.1 Å². The van der Waals surface area contributed by atoms with Crippen molar-refractivity contribution < 1.29 is 33.3 Å². The smallest absolute Gasteiger partial charge is 0.341 e. The van der Waals surface area contributed by atoms with Crippen molar-refractivity contribution in [1.29, 1.82) is 0 Å². The van der Waals surface area contributed by atoms with Gasteiger partial charge in [0.2, 0.25) is 0 Å². The van der Waals surface area contributed by atoms with E-state index in [1.807, 2.05) is 13.8 Å². The molecule has 172 valence electrons. The van der Waals surface area contributed by atoms with Crippen molar-refractivity contribution in [3.63, 3.8) is 0 Å². The van der Waals surface area contributed by atoms with E-state index in [9.17, 15) is 14.4 Å². The van der Waals surface area contributed by atoms with E-state index in [1.54, 1.807) is 19.1 Å². The van der Waals surface area contributed by atoms with Crippen molar-refractivity contribution in [3.05, 3.63) is 45.8 Å². The average molecular weight is 443 g/mol. The summed E-state index contributed by atoms with van der Waals surface area (Å²) < 4.78 is 20.9. The topological polar surface area (TPSA) is 100 Å². The third-order valence-electron chi connectivity index (χ3n) is 5.91. The Balaban J connectivity index is 2.35. The first kappa shape index (κ1) is 23.4. The maximum absolute atomic E-state index is 13.4. The zero-order chi connectivity index (χ0) is 23.8. The van der Waals surface area contributed by atoms with Gasteiger partial charge in [-0.2, -0.15) is 0 Å². The Kier molecular flexibility index (Phi) is 6.34. The predicted octanol–water partition coefficient (Wildman–Crippen LogP) is 3.27. The molecule has 1 aromatic carbocycles. The van der Waals surface area contributed by atoms with Crippen molar-refractivity contribution in [2.45, 2.75) is 39.5 Å². The summed E-state index contributed by atoms with van der Waals surface area (Å²) in [4.78, 5) is 38.7. The van der Waals surface area contributed by atoms with Gasteiger partial charge in [-0.05, 0) is 24.8 Å². The van der Waals surface area contributed by atoms with Crippen LogP contribution in [0.3, 0.4) is 0 Å². The maximum Gasteiger partial charge on any atom is 0.341 e. The number of nitrogens with one attached hydrogen (secondary N) is 1. The molecule has 0 amide bonds. The van der Waals surface area contributed by atoms with E-state index >= 15 is 0 Å². The van der Waals surface area contributed by atoms with Crippen molar-refractivity contribution >= 4 is 17.7 Å². The molecule has 0 bridgehead atoms. The van der Waals surface area contributed by atoms with Crippen LogP contribution in [0.5, 0.6) is 11.5 Å². The summed E-state index contributed by atoms with van der Waals surface area (Å²) in [5, 5.41) is 3.26. The Bertz CT molecular complexity index is 1050. The summed E-state index contributed by atoms with van der Waals surface area (Å²) in [6.07, 6.45) is 0.971. The van der Waals surface area contributed by atoms with E-state index in [-0.39, 0.29) is 22.5 Å². The van der Waals surface area contributed by atoms with Crippen LogP contribution in [0, 0.1) is 5.41 Å². The Morgan fingerprint density at radius 3 is 2.16 bits per heavy atom. The van der Waals surface area contributed by atoms with Gasteiger partial charge < -0.3 is 24.3 Å². The van der Waals surface area contributed by atoms with Gasteiger partial charge in [-0.25, -0.2) is 9.59 Å². The molecule has 1 heterocycles. The van der Waals surface area contributed by atoms with Crippen LogP contribution in [0.25, 0.3) is 0 Å². The summed E-state index contributed by atoms with van der Waals surface area (Å²) >= 11 is 0. The highest BCUT2D eigenvalue weighted by atomic mass is 16.5. The number of esters is 2. The zero-order valence-electron chi connectivity index (χ0n) is 19.5. The molecule has 1 atom stereocenters. The number of Topliss-reactive ketones (excluding diaryl/α,β-unsaturated/α-hetero) is 1. The Labute approximate surface area is 187 Å². The molecule has 2 aliphatic rings. The Hall–Kier alpha value is -3.29. The van der Waals surface area contributed by atoms with E-state index in [4.69, 9.17) is 18.9 Å². The minimum atomic E-state index is -0.772. The molecule has 8 heteroatoms. The molecule has 0 spiro atoms. The van der Waals surface area contributed by atoms with Gasteiger partial charge in [0.05, 0.1) is 39.9 Å². The number of rotatable bonds is 5. The quantitative estimate of drug-likeness (QED) is 0.692. The second-order valence-electron chi connectivity index (χ2n) is 8.71. The van der Waals surface area contributed by atoms with Crippen molar-refractivity contribution in [3.8, 4) is 11.5 Å². The van der Waals surface area contributed by atoms with E-state index < -0.39 is 17.9 Å². The number of benzene rings is 1. The van der Waals surface area contributed by atoms with Gasteiger partial charge in [-0.3, -0.25) is 4.79 Å². The van der Waals surface area contributed by atoms with E-state index in [0.717, 1.165) is 5.70 Å². The molecule has 3 rings (SSSR count). The van der Waals surface area contributed by atoms with Crippen LogP contribution in [-0.4, -0.2) is 46.2 Å². The van der Waals surface area contributed by atoms with Gasteiger partial charge in [-0.1, -0.05) is 13.8 Å². The molecule has 0 aromatic heterocycles. The van der Waals surface area contributed by atoms with Crippen LogP contribution in [-0.2, 0) is 19.1 Å². The summed E-state index contributed by atoms with van der Waals surface area (Å²) in [6, 6.07) is 3.12. The second-order valence-corrected chi connectivity index (χ2v) is 8.71. The first-order chi connectivity index (χ1) is 15.1. The largest absolute Gasteiger partial charge is 0.496 e. The van der Waals surface area contributed by atoms with Crippen molar-refractivity contribution in [2.75, 3.05) is 28.4 Å². The van der Waals surface area contributed by atoms with Gasteiger partial charge in [0.15, 0.2) is 5.78 Å². The molecule has 1 aliphatic carbocycles.